The Morgan fingerprint density at radius 2 is 1.68 bits per heavy atom. The molecule has 140 valence electrons. The van der Waals surface area contributed by atoms with E-state index in [1.54, 1.807) is 65.2 Å². The highest BCUT2D eigenvalue weighted by molar-refractivity contribution is 6.34. The lowest BCUT2D eigenvalue weighted by Crippen LogP contribution is -2.30. The summed E-state index contributed by atoms with van der Waals surface area (Å²) in [6, 6.07) is 15.1. The lowest BCUT2D eigenvalue weighted by molar-refractivity contribution is 0.0782. The number of fused-ring (bicyclic) bond motifs is 1. The van der Waals surface area contributed by atoms with Gasteiger partial charge in [-0.1, -0.05) is 18.2 Å². The van der Waals surface area contributed by atoms with Crippen LogP contribution in [0.5, 0.6) is 0 Å². The van der Waals surface area contributed by atoms with Crippen molar-refractivity contribution in [3.8, 4) is 0 Å². The number of carbonyl (C=O) groups excluding carboxylic acids is 3. The van der Waals surface area contributed by atoms with Crippen LogP contribution in [-0.4, -0.2) is 39.4 Å². The maximum atomic E-state index is 12.8. The Labute approximate surface area is 161 Å². The number of nitrogens with zero attached hydrogens (tertiary/aromatic N) is 4. The Bertz CT molecular complexity index is 1070. The molecule has 1 aliphatic rings. The number of anilines is 1. The van der Waals surface area contributed by atoms with Crippen LogP contribution in [0, 0.1) is 0 Å². The molecule has 7 heteroatoms. The van der Waals surface area contributed by atoms with Gasteiger partial charge in [0.1, 0.15) is 0 Å². The molecule has 4 rings (SSSR count). The molecule has 3 aromatic rings. The molecule has 0 saturated carbocycles. The van der Waals surface area contributed by atoms with Crippen LogP contribution in [0.15, 0.2) is 60.8 Å². The van der Waals surface area contributed by atoms with Crippen LogP contribution in [-0.2, 0) is 13.6 Å². The first-order chi connectivity index (χ1) is 13.5. The molecule has 1 aromatic heterocycles. The molecule has 7 nitrogen and oxygen atoms in total. The second-order valence-corrected chi connectivity index (χ2v) is 6.68. The third-order valence-electron chi connectivity index (χ3n) is 4.66. The second-order valence-electron chi connectivity index (χ2n) is 6.68. The maximum absolute atomic E-state index is 12.8. The fourth-order valence-electron chi connectivity index (χ4n) is 3.28. The van der Waals surface area contributed by atoms with Crippen molar-refractivity contribution < 1.29 is 14.4 Å². The second kappa shape index (κ2) is 6.77. The Hall–Kier alpha value is -3.74. The van der Waals surface area contributed by atoms with E-state index in [2.05, 4.69) is 5.10 Å². The molecule has 0 radical (unpaired) electrons. The third-order valence-corrected chi connectivity index (χ3v) is 4.66. The average Bonchev–Trinajstić information content (AvgIpc) is 3.22. The van der Waals surface area contributed by atoms with Gasteiger partial charge in [0.05, 0.1) is 29.1 Å². The minimum atomic E-state index is -0.382. The van der Waals surface area contributed by atoms with E-state index in [0.717, 1.165) is 10.6 Å². The van der Waals surface area contributed by atoms with Gasteiger partial charge in [0.2, 0.25) is 0 Å². The highest BCUT2D eigenvalue weighted by atomic mass is 16.2. The molecule has 2 heterocycles. The topological polar surface area (TPSA) is 75.5 Å². The molecule has 28 heavy (non-hydrogen) atoms. The van der Waals surface area contributed by atoms with Gasteiger partial charge in [-0.3, -0.25) is 19.1 Å². The number of benzene rings is 2. The van der Waals surface area contributed by atoms with E-state index in [4.69, 9.17) is 0 Å². The predicted octanol–water partition coefficient (Wildman–Crippen LogP) is 2.49. The van der Waals surface area contributed by atoms with Crippen LogP contribution in [0.2, 0.25) is 0 Å². The standard InChI is InChI=1S/C21H18N4O3/c1-23(13-15-10-11-24(2)22-15)19(26)14-6-5-7-16(12-14)25-20(27)17-8-3-4-9-18(17)21(25)28/h3-12H,13H2,1-2H3. The van der Waals surface area contributed by atoms with Gasteiger partial charge < -0.3 is 4.90 Å². The van der Waals surface area contributed by atoms with Crippen molar-refractivity contribution in [1.82, 2.24) is 14.7 Å². The number of aromatic nitrogens is 2. The molecule has 0 fully saturated rings. The number of rotatable bonds is 4. The first-order valence-corrected chi connectivity index (χ1v) is 8.77. The summed E-state index contributed by atoms with van der Waals surface area (Å²) in [5.74, 6) is -0.983. The molecule has 0 atom stereocenters. The molecule has 1 aliphatic heterocycles. The molecule has 0 N–H and O–H groups in total. The molecule has 0 bridgehead atoms. The lowest BCUT2D eigenvalue weighted by atomic mass is 10.1. The number of aryl methyl sites for hydroxylation is 1. The fourth-order valence-corrected chi connectivity index (χ4v) is 3.28. The minimum absolute atomic E-state index is 0.218. The Balaban J connectivity index is 1.59. The molecular weight excluding hydrogens is 356 g/mol. The molecule has 0 saturated heterocycles. The van der Waals surface area contributed by atoms with Crippen molar-refractivity contribution >= 4 is 23.4 Å². The zero-order valence-corrected chi connectivity index (χ0v) is 15.5. The van der Waals surface area contributed by atoms with Crippen molar-refractivity contribution in [3.05, 3.63) is 83.2 Å². The summed E-state index contributed by atoms with van der Waals surface area (Å²) < 4.78 is 1.68. The van der Waals surface area contributed by atoms with Crippen molar-refractivity contribution in [2.75, 3.05) is 11.9 Å². The summed E-state index contributed by atoms with van der Waals surface area (Å²) in [5.41, 5.74) is 2.29. The van der Waals surface area contributed by atoms with E-state index >= 15 is 0 Å². The monoisotopic (exact) mass is 374 g/mol. The first kappa shape index (κ1) is 17.7. The van der Waals surface area contributed by atoms with Crippen molar-refractivity contribution in [2.24, 2.45) is 7.05 Å². The Morgan fingerprint density at radius 1 is 1.00 bits per heavy atom. The van der Waals surface area contributed by atoms with E-state index in [1.165, 1.54) is 0 Å². The van der Waals surface area contributed by atoms with Crippen molar-refractivity contribution in [3.63, 3.8) is 0 Å². The van der Waals surface area contributed by atoms with Crippen LogP contribution in [0.1, 0.15) is 36.8 Å². The number of hydrogen-bond donors (Lipinski definition) is 0. The number of carbonyl (C=O) groups is 3. The summed E-state index contributed by atoms with van der Waals surface area (Å²) >= 11 is 0. The van der Waals surface area contributed by atoms with E-state index < -0.39 is 0 Å². The molecule has 3 amide bonds. The van der Waals surface area contributed by atoms with Gasteiger partial charge in [-0.25, -0.2) is 4.90 Å². The summed E-state index contributed by atoms with van der Waals surface area (Å²) in [4.78, 5) is 40.8. The summed E-state index contributed by atoms with van der Waals surface area (Å²) in [6.45, 7) is 0.358. The van der Waals surface area contributed by atoms with Crippen LogP contribution in [0.4, 0.5) is 5.69 Å². The van der Waals surface area contributed by atoms with Gasteiger partial charge in [-0.15, -0.1) is 0 Å². The van der Waals surface area contributed by atoms with Gasteiger partial charge in [-0.05, 0) is 36.4 Å². The Morgan fingerprint density at radius 3 is 2.29 bits per heavy atom. The van der Waals surface area contributed by atoms with Crippen LogP contribution < -0.4 is 4.90 Å². The number of amides is 3. The molecule has 0 unspecified atom stereocenters. The fraction of sp³-hybridized carbons (Fsp3) is 0.143. The lowest BCUT2D eigenvalue weighted by Gasteiger charge is -2.18. The van der Waals surface area contributed by atoms with Crippen molar-refractivity contribution in [2.45, 2.75) is 6.54 Å². The van der Waals surface area contributed by atoms with Gasteiger partial charge >= 0.3 is 0 Å². The maximum Gasteiger partial charge on any atom is 0.266 e. The van der Waals surface area contributed by atoms with Gasteiger partial charge in [0.15, 0.2) is 0 Å². The molecule has 0 spiro atoms. The van der Waals surface area contributed by atoms with Gasteiger partial charge in [0.25, 0.3) is 17.7 Å². The first-order valence-electron chi connectivity index (χ1n) is 8.77. The van der Waals surface area contributed by atoms with Crippen LogP contribution in [0.25, 0.3) is 0 Å². The minimum Gasteiger partial charge on any atom is -0.336 e. The third kappa shape index (κ3) is 2.96. The SMILES string of the molecule is CN(Cc1ccn(C)n1)C(=O)c1cccc(N2C(=O)c3ccccc3C2=O)c1. The Kier molecular flexibility index (Phi) is 4.27. The quantitative estimate of drug-likeness (QED) is 0.658. The van der Waals surface area contributed by atoms with E-state index in [9.17, 15) is 14.4 Å². The molecule has 0 aliphatic carbocycles. The average molecular weight is 374 g/mol. The smallest absolute Gasteiger partial charge is 0.266 e. The predicted molar refractivity (Wildman–Crippen MR) is 103 cm³/mol. The molecule has 2 aromatic carbocycles. The van der Waals surface area contributed by atoms with Gasteiger partial charge in [0, 0.05) is 25.9 Å². The number of hydrogen-bond acceptors (Lipinski definition) is 4. The van der Waals surface area contributed by atoms with Crippen LogP contribution >= 0.6 is 0 Å². The zero-order valence-electron chi connectivity index (χ0n) is 15.5. The van der Waals surface area contributed by atoms with Crippen molar-refractivity contribution in [1.29, 1.82) is 0 Å². The summed E-state index contributed by atoms with van der Waals surface area (Å²) in [7, 11) is 3.50. The summed E-state index contributed by atoms with van der Waals surface area (Å²) in [6.07, 6.45) is 1.82. The highest BCUT2D eigenvalue weighted by Gasteiger charge is 2.36. The summed E-state index contributed by atoms with van der Waals surface area (Å²) in [5, 5.41) is 4.28. The van der Waals surface area contributed by atoms with E-state index in [1.807, 2.05) is 19.3 Å². The molecular formula is C21H18N4O3. The largest absolute Gasteiger partial charge is 0.336 e. The van der Waals surface area contributed by atoms with E-state index in [0.29, 0.717) is 28.9 Å². The van der Waals surface area contributed by atoms with Crippen LogP contribution in [0.3, 0.4) is 0 Å². The van der Waals surface area contributed by atoms with E-state index in [-0.39, 0.29) is 17.7 Å². The van der Waals surface area contributed by atoms with Gasteiger partial charge in [-0.2, -0.15) is 5.10 Å². The highest BCUT2D eigenvalue weighted by Crippen LogP contribution is 2.29. The normalized spacial score (nSPS) is 13.0. The number of imide groups is 1. The zero-order chi connectivity index (χ0) is 19.8.